The van der Waals surface area contributed by atoms with Crippen LogP contribution in [-0.2, 0) is 19.6 Å². The lowest BCUT2D eigenvalue weighted by atomic mass is 10.2. The minimum absolute atomic E-state index is 0.454. The molecular weight excluding hydrogens is 444 g/mol. The fourth-order valence-corrected chi connectivity index (χ4v) is 3.77. The number of hydrogen-bond acceptors (Lipinski definition) is 4. The summed E-state index contributed by atoms with van der Waals surface area (Å²) in [5.74, 6) is 0.684. The van der Waals surface area contributed by atoms with Gasteiger partial charge in [-0.3, -0.25) is 14.0 Å². The van der Waals surface area contributed by atoms with Crippen molar-refractivity contribution < 1.29 is 0 Å². The summed E-state index contributed by atoms with van der Waals surface area (Å²) in [5, 5.41) is 20.9. The molecule has 0 aliphatic carbocycles. The van der Waals surface area contributed by atoms with Crippen molar-refractivity contribution in [1.82, 2.24) is 29.3 Å². The molecule has 0 atom stereocenters. The summed E-state index contributed by atoms with van der Waals surface area (Å²) in [7, 11) is 0. The quantitative estimate of drug-likeness (QED) is 0.389. The molecule has 0 amide bonds. The standard InChI is InChI=1S/C22H25ClN8S/c1-4-30-16(3)18(10-25-30)13-29-14-20(11-24-29)26-22(32)27-21-9-15(2)31(28-21)12-17-5-7-19(23)8-6-17/h5-11,14H,4,12-13H2,1-3H3,(H2,26,27,28,32). The molecule has 0 aliphatic rings. The second kappa shape index (κ2) is 9.54. The summed E-state index contributed by atoms with van der Waals surface area (Å²) >= 11 is 11.4. The average molecular weight is 469 g/mol. The van der Waals surface area contributed by atoms with Gasteiger partial charge in [-0.1, -0.05) is 23.7 Å². The van der Waals surface area contributed by atoms with E-state index in [1.807, 2.05) is 63.7 Å². The molecule has 1 aromatic carbocycles. The van der Waals surface area contributed by atoms with Gasteiger partial charge in [-0.05, 0) is 50.7 Å². The monoisotopic (exact) mass is 468 g/mol. The first-order valence-corrected chi connectivity index (χ1v) is 11.1. The Morgan fingerprint density at radius 1 is 1.03 bits per heavy atom. The van der Waals surface area contributed by atoms with E-state index >= 15 is 0 Å². The molecule has 10 heteroatoms. The Morgan fingerprint density at radius 3 is 2.53 bits per heavy atom. The normalized spacial score (nSPS) is 11.0. The number of aryl methyl sites for hydroxylation is 2. The van der Waals surface area contributed by atoms with Crippen LogP contribution >= 0.6 is 23.8 Å². The number of halogens is 1. The number of thiocarbonyl (C=S) groups is 1. The van der Waals surface area contributed by atoms with E-state index in [4.69, 9.17) is 23.8 Å². The van der Waals surface area contributed by atoms with Gasteiger partial charge in [0.1, 0.15) is 0 Å². The van der Waals surface area contributed by atoms with Crippen LogP contribution in [0.4, 0.5) is 11.5 Å². The maximum absolute atomic E-state index is 5.97. The molecule has 0 spiro atoms. The zero-order chi connectivity index (χ0) is 22.7. The van der Waals surface area contributed by atoms with Crippen molar-refractivity contribution >= 4 is 40.4 Å². The lowest BCUT2D eigenvalue weighted by molar-refractivity contribution is 0.633. The maximum Gasteiger partial charge on any atom is 0.176 e. The number of rotatable bonds is 7. The lowest BCUT2D eigenvalue weighted by Gasteiger charge is -2.07. The number of nitrogens with zero attached hydrogens (tertiary/aromatic N) is 6. The topological polar surface area (TPSA) is 77.5 Å². The van der Waals surface area contributed by atoms with Crippen LogP contribution in [0.1, 0.15) is 29.4 Å². The molecule has 2 N–H and O–H groups in total. The molecule has 0 radical (unpaired) electrons. The molecule has 0 unspecified atom stereocenters. The number of anilines is 2. The van der Waals surface area contributed by atoms with Crippen LogP contribution in [0.3, 0.4) is 0 Å². The first-order chi connectivity index (χ1) is 15.4. The second-order valence-electron chi connectivity index (χ2n) is 7.53. The molecule has 3 heterocycles. The summed E-state index contributed by atoms with van der Waals surface area (Å²) < 4.78 is 5.76. The third-order valence-electron chi connectivity index (χ3n) is 5.20. The minimum atomic E-state index is 0.454. The first-order valence-electron chi connectivity index (χ1n) is 10.3. The van der Waals surface area contributed by atoms with Crippen LogP contribution in [0.15, 0.2) is 48.9 Å². The Labute approximate surface area is 197 Å². The molecule has 0 bridgehead atoms. The fourth-order valence-electron chi connectivity index (χ4n) is 3.42. The molecule has 166 valence electrons. The molecule has 8 nitrogen and oxygen atoms in total. The molecule has 3 aromatic heterocycles. The molecule has 0 saturated heterocycles. The molecule has 0 saturated carbocycles. The van der Waals surface area contributed by atoms with Gasteiger partial charge in [-0.15, -0.1) is 0 Å². The van der Waals surface area contributed by atoms with Crippen LogP contribution in [0.5, 0.6) is 0 Å². The fraction of sp³-hybridized carbons (Fsp3) is 0.273. The van der Waals surface area contributed by atoms with E-state index in [-0.39, 0.29) is 0 Å². The van der Waals surface area contributed by atoms with Crippen molar-refractivity contribution in [1.29, 1.82) is 0 Å². The van der Waals surface area contributed by atoms with Gasteiger partial charge >= 0.3 is 0 Å². The first kappa shape index (κ1) is 22.0. The van der Waals surface area contributed by atoms with E-state index in [9.17, 15) is 0 Å². The average Bonchev–Trinajstić information content (AvgIpc) is 3.44. The van der Waals surface area contributed by atoms with Crippen molar-refractivity contribution in [3.63, 3.8) is 0 Å². The SMILES string of the molecule is CCn1ncc(Cn2cc(NC(=S)Nc3cc(C)n(Cc4ccc(Cl)cc4)n3)cn2)c1C. The summed E-state index contributed by atoms with van der Waals surface area (Å²) in [6.45, 7) is 8.33. The zero-order valence-corrected chi connectivity index (χ0v) is 19.8. The van der Waals surface area contributed by atoms with E-state index in [0.717, 1.165) is 39.8 Å². The van der Waals surface area contributed by atoms with Gasteiger partial charge in [0, 0.05) is 40.8 Å². The highest BCUT2D eigenvalue weighted by atomic mass is 35.5. The van der Waals surface area contributed by atoms with Gasteiger partial charge in [-0.25, -0.2) is 0 Å². The number of aromatic nitrogens is 6. The van der Waals surface area contributed by atoms with Gasteiger partial charge in [0.25, 0.3) is 0 Å². The molecule has 0 aliphatic heterocycles. The Bertz CT molecular complexity index is 1220. The molecule has 4 aromatic rings. The highest BCUT2D eigenvalue weighted by Gasteiger charge is 2.10. The predicted octanol–water partition coefficient (Wildman–Crippen LogP) is 4.47. The summed E-state index contributed by atoms with van der Waals surface area (Å²) in [4.78, 5) is 0. The summed E-state index contributed by atoms with van der Waals surface area (Å²) in [5.41, 5.74) is 5.25. The van der Waals surface area contributed by atoms with Gasteiger partial charge in [0.05, 0.1) is 31.2 Å². The van der Waals surface area contributed by atoms with Gasteiger partial charge in [-0.2, -0.15) is 15.3 Å². The number of nitrogens with one attached hydrogen (secondary N) is 2. The van der Waals surface area contributed by atoms with Crippen LogP contribution < -0.4 is 10.6 Å². The third kappa shape index (κ3) is 5.17. The van der Waals surface area contributed by atoms with Crippen molar-refractivity contribution in [2.24, 2.45) is 0 Å². The third-order valence-corrected chi connectivity index (χ3v) is 5.65. The number of benzene rings is 1. The lowest BCUT2D eigenvalue weighted by Crippen LogP contribution is -2.19. The largest absolute Gasteiger partial charge is 0.330 e. The molecule has 4 rings (SSSR count). The van der Waals surface area contributed by atoms with Crippen LogP contribution in [0, 0.1) is 13.8 Å². The second-order valence-corrected chi connectivity index (χ2v) is 8.38. The van der Waals surface area contributed by atoms with E-state index in [0.29, 0.717) is 24.0 Å². The smallest absolute Gasteiger partial charge is 0.176 e. The summed E-state index contributed by atoms with van der Waals surface area (Å²) in [6.07, 6.45) is 5.56. The van der Waals surface area contributed by atoms with Crippen molar-refractivity contribution in [3.8, 4) is 0 Å². The van der Waals surface area contributed by atoms with Crippen LogP contribution in [0.25, 0.3) is 0 Å². The highest BCUT2D eigenvalue weighted by Crippen LogP contribution is 2.15. The Kier molecular flexibility index (Phi) is 6.57. The van der Waals surface area contributed by atoms with Crippen molar-refractivity contribution in [3.05, 3.63) is 76.5 Å². The molecule has 32 heavy (non-hydrogen) atoms. The number of hydrogen-bond donors (Lipinski definition) is 2. The van der Waals surface area contributed by atoms with Crippen molar-refractivity contribution in [2.75, 3.05) is 10.6 Å². The van der Waals surface area contributed by atoms with Gasteiger partial charge in [0.2, 0.25) is 0 Å². The molecule has 0 fully saturated rings. The maximum atomic E-state index is 5.97. The van der Waals surface area contributed by atoms with E-state index in [2.05, 4.69) is 39.8 Å². The Hall–Kier alpha value is -3.17. The van der Waals surface area contributed by atoms with Gasteiger partial charge < -0.3 is 10.6 Å². The van der Waals surface area contributed by atoms with Gasteiger partial charge in [0.15, 0.2) is 10.9 Å². The highest BCUT2D eigenvalue weighted by molar-refractivity contribution is 7.80. The minimum Gasteiger partial charge on any atom is -0.330 e. The molecular formula is C22H25ClN8S. The van der Waals surface area contributed by atoms with Crippen LogP contribution in [0.2, 0.25) is 5.02 Å². The zero-order valence-electron chi connectivity index (χ0n) is 18.2. The predicted molar refractivity (Wildman–Crippen MR) is 131 cm³/mol. The summed E-state index contributed by atoms with van der Waals surface area (Å²) in [6, 6.07) is 9.71. The van der Waals surface area contributed by atoms with Crippen molar-refractivity contribution in [2.45, 2.75) is 40.4 Å². The van der Waals surface area contributed by atoms with E-state index in [1.54, 1.807) is 6.20 Å². The Balaban J connectivity index is 1.35. The Morgan fingerprint density at radius 2 is 1.81 bits per heavy atom. The van der Waals surface area contributed by atoms with E-state index < -0.39 is 0 Å². The van der Waals surface area contributed by atoms with Crippen LogP contribution in [-0.4, -0.2) is 34.5 Å². The van der Waals surface area contributed by atoms with E-state index in [1.165, 1.54) is 0 Å².